The number of allylic oxidation sites excluding steroid dienone is 3. The highest BCUT2D eigenvalue weighted by molar-refractivity contribution is 6.31. The molecule has 6 heteroatoms. The van der Waals surface area contributed by atoms with Crippen LogP contribution in [0, 0.1) is 0 Å². The molecule has 1 aliphatic carbocycles. The molecule has 4 rings (SSSR count). The van der Waals surface area contributed by atoms with E-state index in [0.717, 1.165) is 5.56 Å². The van der Waals surface area contributed by atoms with E-state index >= 15 is 0 Å². The third-order valence-corrected chi connectivity index (χ3v) is 5.87. The molecule has 0 N–H and O–H groups in total. The van der Waals surface area contributed by atoms with Gasteiger partial charge in [0, 0.05) is 5.57 Å². The summed E-state index contributed by atoms with van der Waals surface area (Å²) in [6.45, 7) is 3.72. The number of carbonyl (C=O) groups excluding carboxylic acids is 1. The molecule has 0 saturated carbocycles. The maximum atomic E-state index is 13.7. The van der Waals surface area contributed by atoms with Crippen LogP contribution in [0.25, 0.3) is 5.57 Å². The standard InChI is InChI=1S/C24H20ClN3O2/c1-2-16-30-22(29)23(20-12-7-4-8-13-20)15-9-14-21(19-10-5-3-6-11-19)24(23,25)28-18-26-17-27-28/h2-15,17-18H,1,16H2. The molecule has 1 aliphatic rings. The van der Waals surface area contributed by atoms with E-state index in [1.54, 1.807) is 6.08 Å². The number of hydrogen-bond donors (Lipinski definition) is 0. The summed E-state index contributed by atoms with van der Waals surface area (Å²) < 4.78 is 7.10. The van der Waals surface area contributed by atoms with Crippen molar-refractivity contribution >= 4 is 23.1 Å². The van der Waals surface area contributed by atoms with Crippen LogP contribution in [0.4, 0.5) is 0 Å². The number of halogens is 1. The van der Waals surface area contributed by atoms with Gasteiger partial charge in [0.05, 0.1) is 0 Å². The Hall–Kier alpha value is -3.44. The van der Waals surface area contributed by atoms with Gasteiger partial charge in [0.15, 0.2) is 10.4 Å². The van der Waals surface area contributed by atoms with Crippen molar-refractivity contribution in [2.24, 2.45) is 0 Å². The van der Waals surface area contributed by atoms with Crippen LogP contribution in [0.1, 0.15) is 11.1 Å². The normalized spacial score (nSPS) is 22.9. The van der Waals surface area contributed by atoms with Crippen molar-refractivity contribution in [2.75, 3.05) is 6.61 Å². The molecule has 30 heavy (non-hydrogen) atoms. The average Bonchev–Trinajstić information content (AvgIpc) is 3.34. The molecule has 0 fully saturated rings. The van der Waals surface area contributed by atoms with E-state index in [-0.39, 0.29) is 6.61 Å². The van der Waals surface area contributed by atoms with Crippen LogP contribution in [0.2, 0.25) is 0 Å². The van der Waals surface area contributed by atoms with Crippen LogP contribution in [-0.4, -0.2) is 27.3 Å². The lowest BCUT2D eigenvalue weighted by Crippen LogP contribution is -2.56. The van der Waals surface area contributed by atoms with Crippen molar-refractivity contribution in [3.8, 4) is 0 Å². The predicted molar refractivity (Wildman–Crippen MR) is 117 cm³/mol. The van der Waals surface area contributed by atoms with Gasteiger partial charge in [0.25, 0.3) is 0 Å². The molecular weight excluding hydrogens is 398 g/mol. The van der Waals surface area contributed by atoms with Crippen molar-refractivity contribution in [2.45, 2.75) is 10.4 Å². The summed E-state index contributed by atoms with van der Waals surface area (Å²) in [5.41, 5.74) is 0.857. The largest absolute Gasteiger partial charge is 0.460 e. The first-order chi connectivity index (χ1) is 14.6. The average molecular weight is 418 g/mol. The number of esters is 1. The van der Waals surface area contributed by atoms with Crippen LogP contribution >= 0.6 is 11.6 Å². The van der Waals surface area contributed by atoms with E-state index in [2.05, 4.69) is 16.7 Å². The second-order valence-electron chi connectivity index (χ2n) is 6.83. The Kier molecular flexibility index (Phi) is 5.38. The van der Waals surface area contributed by atoms with Crippen LogP contribution < -0.4 is 0 Å². The molecule has 1 aromatic heterocycles. The van der Waals surface area contributed by atoms with Crippen LogP contribution in [0.15, 0.2) is 104 Å². The number of nitrogens with zero attached hydrogens (tertiary/aromatic N) is 3. The van der Waals surface area contributed by atoms with Crippen molar-refractivity contribution in [1.29, 1.82) is 0 Å². The molecular formula is C24H20ClN3O2. The summed E-state index contributed by atoms with van der Waals surface area (Å²) in [5.74, 6) is -0.503. The summed E-state index contributed by atoms with van der Waals surface area (Å²) >= 11 is 7.49. The molecule has 0 aliphatic heterocycles. The minimum Gasteiger partial charge on any atom is -0.460 e. The Bertz CT molecular complexity index is 1090. The molecule has 0 spiro atoms. The highest BCUT2D eigenvalue weighted by Gasteiger charge is 2.61. The Morgan fingerprint density at radius 3 is 2.47 bits per heavy atom. The lowest BCUT2D eigenvalue weighted by Gasteiger charge is -2.46. The van der Waals surface area contributed by atoms with E-state index in [0.29, 0.717) is 11.1 Å². The lowest BCUT2D eigenvalue weighted by atomic mass is 9.67. The van der Waals surface area contributed by atoms with Gasteiger partial charge in [-0.3, -0.25) is 4.79 Å². The van der Waals surface area contributed by atoms with E-state index in [1.807, 2.05) is 72.8 Å². The summed E-state index contributed by atoms with van der Waals surface area (Å²) in [7, 11) is 0. The quantitative estimate of drug-likeness (QED) is 0.337. The maximum absolute atomic E-state index is 13.7. The Morgan fingerprint density at radius 1 is 1.13 bits per heavy atom. The van der Waals surface area contributed by atoms with Crippen LogP contribution in [-0.2, 0) is 19.9 Å². The van der Waals surface area contributed by atoms with E-state index in [9.17, 15) is 4.79 Å². The van der Waals surface area contributed by atoms with Gasteiger partial charge in [0.2, 0.25) is 0 Å². The molecule has 1 heterocycles. The second-order valence-corrected chi connectivity index (χ2v) is 7.38. The number of rotatable bonds is 6. The molecule has 150 valence electrons. The minimum absolute atomic E-state index is 0.0654. The third kappa shape index (κ3) is 2.99. The Labute approximate surface area is 180 Å². The van der Waals surface area contributed by atoms with Gasteiger partial charge in [-0.2, -0.15) is 5.10 Å². The van der Waals surface area contributed by atoms with Crippen molar-refractivity contribution in [3.05, 3.63) is 115 Å². The fourth-order valence-electron chi connectivity index (χ4n) is 3.86. The van der Waals surface area contributed by atoms with Crippen LogP contribution in [0.3, 0.4) is 0 Å². The van der Waals surface area contributed by atoms with Crippen molar-refractivity contribution in [1.82, 2.24) is 14.8 Å². The molecule has 0 amide bonds. The first kappa shape index (κ1) is 19.9. The number of alkyl halides is 1. The molecule has 0 saturated heterocycles. The minimum atomic E-state index is -1.46. The number of aromatic nitrogens is 3. The highest BCUT2D eigenvalue weighted by Crippen LogP contribution is 2.55. The highest BCUT2D eigenvalue weighted by atomic mass is 35.5. The zero-order valence-corrected chi connectivity index (χ0v) is 16.9. The van der Waals surface area contributed by atoms with Gasteiger partial charge in [-0.05, 0) is 11.1 Å². The van der Waals surface area contributed by atoms with Crippen molar-refractivity contribution in [3.63, 3.8) is 0 Å². The van der Waals surface area contributed by atoms with Gasteiger partial charge in [-0.1, -0.05) is 103 Å². The van der Waals surface area contributed by atoms with Gasteiger partial charge in [-0.25, -0.2) is 9.67 Å². The monoisotopic (exact) mass is 417 g/mol. The smallest absolute Gasteiger partial charge is 0.325 e. The lowest BCUT2D eigenvalue weighted by molar-refractivity contribution is -0.149. The van der Waals surface area contributed by atoms with Gasteiger partial charge < -0.3 is 4.74 Å². The van der Waals surface area contributed by atoms with Gasteiger partial charge >= 0.3 is 5.97 Å². The zero-order chi connectivity index (χ0) is 21.0. The van der Waals surface area contributed by atoms with Crippen LogP contribution in [0.5, 0.6) is 0 Å². The molecule has 0 bridgehead atoms. The first-order valence-corrected chi connectivity index (χ1v) is 9.85. The first-order valence-electron chi connectivity index (χ1n) is 9.47. The van der Waals surface area contributed by atoms with E-state index in [1.165, 1.54) is 23.4 Å². The van der Waals surface area contributed by atoms with E-state index < -0.39 is 16.4 Å². The Morgan fingerprint density at radius 2 is 1.83 bits per heavy atom. The molecule has 2 aromatic carbocycles. The maximum Gasteiger partial charge on any atom is 0.325 e. The number of ether oxygens (including phenoxy) is 1. The third-order valence-electron chi connectivity index (χ3n) is 5.19. The summed E-state index contributed by atoms with van der Waals surface area (Å²) in [5, 5.41) is 4.34. The topological polar surface area (TPSA) is 57.0 Å². The number of benzene rings is 2. The van der Waals surface area contributed by atoms with Gasteiger partial charge in [0.1, 0.15) is 19.3 Å². The van der Waals surface area contributed by atoms with E-state index in [4.69, 9.17) is 16.3 Å². The summed E-state index contributed by atoms with van der Waals surface area (Å²) in [6.07, 6.45) is 9.95. The fourth-order valence-corrected chi connectivity index (χ4v) is 4.37. The SMILES string of the molecule is C=CCOC(=O)C1(c2ccccc2)C=CC=C(c2ccccc2)C1(Cl)n1cncn1. The predicted octanol–water partition coefficient (Wildman–Crippen LogP) is 4.49. The fraction of sp³-hybridized carbons (Fsp3) is 0.125. The number of carbonyl (C=O) groups is 1. The zero-order valence-electron chi connectivity index (χ0n) is 16.2. The Balaban J connectivity index is 2.03. The summed E-state index contributed by atoms with van der Waals surface area (Å²) in [6, 6.07) is 19.0. The van der Waals surface area contributed by atoms with Gasteiger partial charge in [-0.15, -0.1) is 0 Å². The molecule has 3 aromatic rings. The number of hydrogen-bond acceptors (Lipinski definition) is 4. The molecule has 2 unspecified atom stereocenters. The molecule has 2 atom stereocenters. The molecule has 5 nitrogen and oxygen atoms in total. The molecule has 0 radical (unpaired) electrons. The second kappa shape index (κ2) is 8.13. The van der Waals surface area contributed by atoms with Crippen molar-refractivity contribution < 1.29 is 9.53 Å². The summed E-state index contributed by atoms with van der Waals surface area (Å²) in [4.78, 5) is 16.3.